The van der Waals surface area contributed by atoms with Gasteiger partial charge in [0.1, 0.15) is 12.4 Å². The van der Waals surface area contributed by atoms with Gasteiger partial charge in [-0.3, -0.25) is 4.79 Å². The van der Waals surface area contributed by atoms with Crippen LogP contribution < -0.4 is 10.1 Å². The third-order valence-corrected chi connectivity index (χ3v) is 9.70. The molecule has 1 fully saturated rings. The lowest BCUT2D eigenvalue weighted by Gasteiger charge is -2.20. The van der Waals surface area contributed by atoms with Crippen molar-refractivity contribution in [1.29, 1.82) is 0 Å². The number of ether oxygens (including phenoxy) is 1. The van der Waals surface area contributed by atoms with Gasteiger partial charge >= 0.3 is 0 Å². The molecule has 0 saturated carbocycles. The summed E-state index contributed by atoms with van der Waals surface area (Å²) in [5.41, 5.74) is 0.0702. The molecule has 3 rings (SSSR count). The third kappa shape index (κ3) is 6.73. The van der Waals surface area contributed by atoms with Gasteiger partial charge in [-0.25, -0.2) is 21.1 Å². The quantitative estimate of drug-likeness (QED) is 0.486. The second-order valence-corrected chi connectivity index (χ2v) is 12.8. The highest BCUT2D eigenvalue weighted by Gasteiger charge is 2.26. The highest BCUT2D eigenvalue weighted by molar-refractivity contribution is 7.89. The van der Waals surface area contributed by atoms with E-state index in [0.717, 1.165) is 30.0 Å². The van der Waals surface area contributed by atoms with Gasteiger partial charge in [0.05, 0.1) is 26.9 Å². The predicted molar refractivity (Wildman–Crippen MR) is 134 cm³/mol. The number of rotatable bonds is 9. The zero-order chi connectivity index (χ0) is 25.6. The molecule has 0 unspecified atom stereocenters. The van der Waals surface area contributed by atoms with E-state index in [-0.39, 0.29) is 33.5 Å². The molecule has 9 nitrogen and oxygen atoms in total. The standard InChI is InChI=1S/C23H30ClN3O6S2/c1-26(2)34(29,30)19-9-7-18(8-10-19)33-16-13-25-23(28)21-17-20(11-12-22(21)24)35(31,32)27-14-5-3-4-6-15-27/h7-12,17H,3-6,13-16H2,1-2H3,(H,25,28). The first-order valence-electron chi connectivity index (χ1n) is 11.3. The molecule has 2 aromatic carbocycles. The molecule has 0 bridgehead atoms. The van der Waals surface area contributed by atoms with Crippen molar-refractivity contribution in [2.75, 3.05) is 40.3 Å². The maximum Gasteiger partial charge on any atom is 0.252 e. The van der Waals surface area contributed by atoms with Crippen molar-refractivity contribution in [3.8, 4) is 5.75 Å². The highest BCUT2D eigenvalue weighted by atomic mass is 35.5. The Bertz CT molecular complexity index is 1240. The molecule has 0 radical (unpaired) electrons. The van der Waals surface area contributed by atoms with Gasteiger partial charge in [-0.15, -0.1) is 0 Å². The van der Waals surface area contributed by atoms with E-state index in [1.165, 1.54) is 60.9 Å². The van der Waals surface area contributed by atoms with Gasteiger partial charge in [-0.2, -0.15) is 4.31 Å². The molecule has 0 aromatic heterocycles. The summed E-state index contributed by atoms with van der Waals surface area (Å²) in [6.45, 7) is 1.18. The molecule has 1 aliphatic rings. The van der Waals surface area contributed by atoms with Crippen LogP contribution in [0, 0.1) is 0 Å². The van der Waals surface area contributed by atoms with E-state index in [2.05, 4.69) is 5.32 Å². The van der Waals surface area contributed by atoms with Crippen LogP contribution >= 0.6 is 11.6 Å². The van der Waals surface area contributed by atoms with Crippen LogP contribution in [0.5, 0.6) is 5.75 Å². The minimum absolute atomic E-state index is 0.0398. The summed E-state index contributed by atoms with van der Waals surface area (Å²) < 4.78 is 58.5. The Kier molecular flexibility index (Phi) is 9.16. The largest absolute Gasteiger partial charge is 0.492 e. The molecular weight excluding hydrogens is 514 g/mol. The van der Waals surface area contributed by atoms with E-state index in [0.29, 0.717) is 18.8 Å². The molecule has 35 heavy (non-hydrogen) atoms. The Morgan fingerprint density at radius 1 is 0.971 bits per heavy atom. The van der Waals surface area contributed by atoms with E-state index < -0.39 is 26.0 Å². The normalized spacial score (nSPS) is 15.5. The topological polar surface area (TPSA) is 113 Å². The summed E-state index contributed by atoms with van der Waals surface area (Å²) in [6, 6.07) is 10.1. The molecule has 1 heterocycles. The fourth-order valence-corrected chi connectivity index (χ4v) is 6.27. The van der Waals surface area contributed by atoms with Crippen LogP contribution in [-0.4, -0.2) is 71.7 Å². The molecule has 0 atom stereocenters. The van der Waals surface area contributed by atoms with Crippen molar-refractivity contribution < 1.29 is 26.4 Å². The molecule has 192 valence electrons. The minimum Gasteiger partial charge on any atom is -0.492 e. The lowest BCUT2D eigenvalue weighted by molar-refractivity contribution is 0.0947. The maximum atomic E-state index is 13.1. The number of nitrogens with one attached hydrogen (secondary N) is 1. The lowest BCUT2D eigenvalue weighted by Crippen LogP contribution is -2.32. The van der Waals surface area contributed by atoms with Crippen LogP contribution in [0.15, 0.2) is 52.3 Å². The number of nitrogens with zero attached hydrogens (tertiary/aromatic N) is 2. The fraction of sp³-hybridized carbons (Fsp3) is 0.435. The van der Waals surface area contributed by atoms with E-state index in [4.69, 9.17) is 16.3 Å². The molecular formula is C23H30ClN3O6S2. The summed E-state index contributed by atoms with van der Waals surface area (Å²) in [5.74, 6) is -0.0699. The van der Waals surface area contributed by atoms with Crippen molar-refractivity contribution in [3.05, 3.63) is 53.1 Å². The number of halogens is 1. The van der Waals surface area contributed by atoms with Crippen LogP contribution in [0.2, 0.25) is 5.02 Å². The zero-order valence-corrected chi connectivity index (χ0v) is 22.1. The first-order chi connectivity index (χ1) is 16.5. The fourth-order valence-electron chi connectivity index (χ4n) is 3.62. The molecule has 2 aromatic rings. The first-order valence-corrected chi connectivity index (χ1v) is 14.5. The van der Waals surface area contributed by atoms with Crippen molar-refractivity contribution in [1.82, 2.24) is 13.9 Å². The molecule has 12 heteroatoms. The maximum absolute atomic E-state index is 13.1. The molecule has 1 aliphatic heterocycles. The van der Waals surface area contributed by atoms with Crippen LogP contribution in [0.4, 0.5) is 0 Å². The van der Waals surface area contributed by atoms with Crippen LogP contribution in [-0.2, 0) is 20.0 Å². The number of hydrogen-bond acceptors (Lipinski definition) is 6. The van der Waals surface area contributed by atoms with Crippen molar-refractivity contribution >= 4 is 37.6 Å². The smallest absolute Gasteiger partial charge is 0.252 e. The number of hydrogen-bond donors (Lipinski definition) is 1. The Hall–Kier alpha value is -2.18. The Morgan fingerprint density at radius 2 is 1.57 bits per heavy atom. The number of carbonyl (C=O) groups is 1. The second-order valence-electron chi connectivity index (χ2n) is 8.32. The number of sulfonamides is 2. The van der Waals surface area contributed by atoms with Crippen molar-refractivity contribution in [2.24, 2.45) is 0 Å². The van der Waals surface area contributed by atoms with Gasteiger partial charge < -0.3 is 10.1 Å². The van der Waals surface area contributed by atoms with E-state index in [9.17, 15) is 21.6 Å². The van der Waals surface area contributed by atoms with E-state index in [1.807, 2.05) is 0 Å². The van der Waals surface area contributed by atoms with Gasteiger partial charge in [0.25, 0.3) is 5.91 Å². The summed E-state index contributed by atoms with van der Waals surface area (Å²) in [5, 5.41) is 2.82. The summed E-state index contributed by atoms with van der Waals surface area (Å²) in [7, 11) is -4.33. The highest BCUT2D eigenvalue weighted by Crippen LogP contribution is 2.25. The lowest BCUT2D eigenvalue weighted by atomic mass is 10.2. The average Bonchev–Trinajstić information content (AvgIpc) is 3.12. The SMILES string of the molecule is CN(C)S(=O)(=O)c1ccc(OCCNC(=O)c2cc(S(=O)(=O)N3CCCCCC3)ccc2Cl)cc1. The first kappa shape index (κ1) is 27.4. The van der Waals surface area contributed by atoms with Crippen LogP contribution in [0.3, 0.4) is 0 Å². The molecule has 1 amide bonds. The Morgan fingerprint density at radius 3 is 2.17 bits per heavy atom. The van der Waals surface area contributed by atoms with Gasteiger partial charge in [-0.05, 0) is 55.3 Å². The Labute approximate surface area is 212 Å². The third-order valence-electron chi connectivity index (χ3n) is 5.64. The number of carbonyl (C=O) groups excluding carboxylic acids is 1. The predicted octanol–water partition coefficient (Wildman–Crippen LogP) is 2.96. The average molecular weight is 544 g/mol. The molecule has 1 N–H and O–H groups in total. The molecule has 0 aliphatic carbocycles. The number of benzene rings is 2. The van der Waals surface area contributed by atoms with Crippen molar-refractivity contribution in [2.45, 2.75) is 35.5 Å². The zero-order valence-electron chi connectivity index (χ0n) is 19.7. The van der Waals surface area contributed by atoms with Gasteiger partial charge in [0.15, 0.2) is 0 Å². The van der Waals surface area contributed by atoms with E-state index >= 15 is 0 Å². The summed E-state index contributed by atoms with van der Waals surface area (Å²) in [6.07, 6.45) is 3.63. The molecule has 1 saturated heterocycles. The molecule has 0 spiro atoms. The monoisotopic (exact) mass is 543 g/mol. The minimum atomic E-state index is -3.71. The van der Waals surface area contributed by atoms with Gasteiger partial charge in [0.2, 0.25) is 20.0 Å². The summed E-state index contributed by atoms with van der Waals surface area (Å²) >= 11 is 6.18. The number of amides is 1. The van der Waals surface area contributed by atoms with Gasteiger partial charge in [0, 0.05) is 27.2 Å². The van der Waals surface area contributed by atoms with E-state index in [1.54, 1.807) is 0 Å². The Balaban J connectivity index is 1.59. The second kappa shape index (κ2) is 11.7. The van der Waals surface area contributed by atoms with Crippen LogP contribution in [0.1, 0.15) is 36.0 Å². The van der Waals surface area contributed by atoms with Gasteiger partial charge in [-0.1, -0.05) is 24.4 Å². The van der Waals surface area contributed by atoms with Crippen LogP contribution in [0.25, 0.3) is 0 Å². The summed E-state index contributed by atoms with van der Waals surface area (Å²) in [4.78, 5) is 12.9. The van der Waals surface area contributed by atoms with Crippen molar-refractivity contribution in [3.63, 3.8) is 0 Å².